The fraction of sp³-hybridized carbons (Fsp3) is 0.0714. The number of pyridine rings is 1. The van der Waals surface area contributed by atoms with E-state index in [-0.39, 0.29) is 11.8 Å². The number of nitrogens with zero attached hydrogens (tertiary/aromatic N) is 2. The van der Waals surface area contributed by atoms with Crippen LogP contribution in [0.15, 0.2) is 36.5 Å². The zero-order valence-corrected chi connectivity index (χ0v) is 11.5. The summed E-state index contributed by atoms with van der Waals surface area (Å²) in [6.07, 6.45) is 0.855. The third-order valence-corrected chi connectivity index (χ3v) is 2.77. The van der Waals surface area contributed by atoms with Gasteiger partial charge in [-0.15, -0.1) is 0 Å². The Bertz CT molecular complexity index is 817. The number of halogens is 1. The van der Waals surface area contributed by atoms with Crippen molar-refractivity contribution in [1.29, 1.82) is 0 Å². The first-order valence-corrected chi connectivity index (χ1v) is 6.28. The molecule has 1 amide bonds. The van der Waals surface area contributed by atoms with Gasteiger partial charge in [0.15, 0.2) is 5.65 Å². The van der Waals surface area contributed by atoms with Crippen molar-refractivity contribution in [3.8, 4) is 11.5 Å². The van der Waals surface area contributed by atoms with Crippen LogP contribution < -0.4 is 10.1 Å². The molecule has 0 aliphatic carbocycles. The molecule has 0 fully saturated rings. The minimum Gasteiger partial charge on any atom is -0.456 e. The topological polar surface area (TPSA) is 89.1 Å². The van der Waals surface area contributed by atoms with E-state index in [2.05, 4.69) is 25.0 Å². The van der Waals surface area contributed by atoms with Crippen molar-refractivity contribution in [2.75, 3.05) is 12.4 Å². The van der Waals surface area contributed by atoms with Crippen LogP contribution in [0, 0.1) is 5.82 Å². The van der Waals surface area contributed by atoms with E-state index >= 15 is 0 Å². The number of carbonyl (C=O) groups is 1. The van der Waals surface area contributed by atoms with Gasteiger partial charge in [-0.25, -0.2) is 19.2 Å². The summed E-state index contributed by atoms with van der Waals surface area (Å²) in [5.74, 6) is 0.793. The quantitative estimate of drug-likeness (QED) is 0.776. The maximum atomic E-state index is 12.8. The minimum atomic E-state index is -0.637. The number of aromatic nitrogens is 3. The van der Waals surface area contributed by atoms with Crippen LogP contribution in [-0.2, 0) is 4.74 Å². The highest BCUT2D eigenvalue weighted by Crippen LogP contribution is 2.24. The number of aromatic amines is 1. The average molecular weight is 302 g/mol. The summed E-state index contributed by atoms with van der Waals surface area (Å²) in [4.78, 5) is 22.2. The summed E-state index contributed by atoms with van der Waals surface area (Å²) in [5, 5.41) is 2.41. The highest BCUT2D eigenvalue weighted by Gasteiger charge is 2.09. The Morgan fingerprint density at radius 2 is 2.05 bits per heavy atom. The van der Waals surface area contributed by atoms with Crippen molar-refractivity contribution in [3.63, 3.8) is 0 Å². The van der Waals surface area contributed by atoms with Crippen molar-refractivity contribution >= 4 is 23.2 Å². The first kappa shape index (κ1) is 13.8. The fourth-order valence-electron chi connectivity index (χ4n) is 1.78. The van der Waals surface area contributed by atoms with Crippen molar-refractivity contribution in [3.05, 3.63) is 42.3 Å². The largest absolute Gasteiger partial charge is 0.456 e. The van der Waals surface area contributed by atoms with Gasteiger partial charge in [-0.2, -0.15) is 0 Å². The van der Waals surface area contributed by atoms with Gasteiger partial charge in [0.1, 0.15) is 22.8 Å². The van der Waals surface area contributed by atoms with Gasteiger partial charge in [0.05, 0.1) is 13.3 Å². The minimum absolute atomic E-state index is 0.216. The van der Waals surface area contributed by atoms with Crippen LogP contribution >= 0.6 is 0 Å². The smallest absolute Gasteiger partial charge is 0.413 e. The molecule has 0 unspecified atom stereocenters. The number of rotatable bonds is 3. The second kappa shape index (κ2) is 5.68. The summed E-state index contributed by atoms with van der Waals surface area (Å²) in [5.41, 5.74) is 0.990. The van der Waals surface area contributed by atoms with Gasteiger partial charge in [-0.1, -0.05) is 0 Å². The Morgan fingerprint density at radius 3 is 2.77 bits per heavy atom. The third kappa shape index (κ3) is 2.95. The van der Waals surface area contributed by atoms with Gasteiger partial charge in [-0.05, 0) is 24.3 Å². The molecule has 22 heavy (non-hydrogen) atoms. The molecule has 3 rings (SSSR count). The number of benzene rings is 1. The molecule has 0 radical (unpaired) electrons. The Labute approximate surface area is 124 Å². The molecule has 2 N–H and O–H groups in total. The van der Waals surface area contributed by atoms with Crippen LogP contribution in [0.3, 0.4) is 0 Å². The Hall–Kier alpha value is -3.16. The van der Waals surface area contributed by atoms with Gasteiger partial charge >= 0.3 is 6.09 Å². The zero-order valence-electron chi connectivity index (χ0n) is 11.5. The molecule has 2 aromatic heterocycles. The van der Waals surface area contributed by atoms with E-state index in [1.165, 1.54) is 37.6 Å². The first-order chi connectivity index (χ1) is 10.6. The first-order valence-electron chi connectivity index (χ1n) is 6.28. The van der Waals surface area contributed by atoms with Crippen LogP contribution in [0.1, 0.15) is 0 Å². The highest BCUT2D eigenvalue weighted by molar-refractivity contribution is 5.85. The van der Waals surface area contributed by atoms with E-state index in [0.29, 0.717) is 22.7 Å². The molecular weight excluding hydrogens is 291 g/mol. The molecule has 0 spiro atoms. The molecule has 0 bridgehead atoms. The van der Waals surface area contributed by atoms with Crippen molar-refractivity contribution in [2.45, 2.75) is 0 Å². The lowest BCUT2D eigenvalue weighted by Gasteiger charge is -2.04. The van der Waals surface area contributed by atoms with Crippen molar-refractivity contribution < 1.29 is 18.7 Å². The zero-order chi connectivity index (χ0) is 15.5. The summed E-state index contributed by atoms with van der Waals surface area (Å²) < 4.78 is 22.9. The van der Waals surface area contributed by atoms with Gasteiger partial charge in [0, 0.05) is 6.07 Å². The predicted octanol–water partition coefficient (Wildman–Crippen LogP) is 3.07. The van der Waals surface area contributed by atoms with E-state index in [0.717, 1.165) is 0 Å². The molecule has 0 aliphatic heterocycles. The molecule has 8 heteroatoms. The summed E-state index contributed by atoms with van der Waals surface area (Å²) in [6, 6.07) is 7.26. The number of anilines is 1. The lowest BCUT2D eigenvalue weighted by Crippen LogP contribution is -2.11. The highest BCUT2D eigenvalue weighted by atomic mass is 19.1. The molecular formula is C14H11FN4O3. The normalized spacial score (nSPS) is 10.5. The molecule has 0 saturated heterocycles. The SMILES string of the molecule is COC(=O)Nc1nc2cc(Oc3ccc(F)cc3)cnc2[nH]1. The summed E-state index contributed by atoms with van der Waals surface area (Å²) in [6.45, 7) is 0. The van der Waals surface area contributed by atoms with E-state index < -0.39 is 6.09 Å². The van der Waals surface area contributed by atoms with Crippen LogP contribution in [0.25, 0.3) is 11.2 Å². The van der Waals surface area contributed by atoms with E-state index in [4.69, 9.17) is 4.74 Å². The predicted molar refractivity (Wildman–Crippen MR) is 76.4 cm³/mol. The maximum Gasteiger partial charge on any atom is 0.413 e. The van der Waals surface area contributed by atoms with E-state index in [1.54, 1.807) is 6.07 Å². The third-order valence-electron chi connectivity index (χ3n) is 2.77. The Balaban J connectivity index is 1.83. The van der Waals surface area contributed by atoms with Crippen LogP contribution in [-0.4, -0.2) is 28.2 Å². The molecule has 0 saturated carbocycles. The molecule has 0 aliphatic rings. The van der Waals surface area contributed by atoms with Crippen molar-refractivity contribution in [2.24, 2.45) is 0 Å². The molecule has 112 valence electrons. The number of carbonyl (C=O) groups excluding carboxylic acids is 1. The van der Waals surface area contributed by atoms with Gasteiger partial charge in [0.25, 0.3) is 0 Å². The maximum absolute atomic E-state index is 12.8. The van der Waals surface area contributed by atoms with Gasteiger partial charge in [-0.3, -0.25) is 5.32 Å². The number of fused-ring (bicyclic) bond motifs is 1. The molecule has 3 aromatic rings. The van der Waals surface area contributed by atoms with Gasteiger partial charge < -0.3 is 14.5 Å². The average Bonchev–Trinajstić information content (AvgIpc) is 2.91. The van der Waals surface area contributed by atoms with Crippen molar-refractivity contribution in [1.82, 2.24) is 15.0 Å². The Morgan fingerprint density at radius 1 is 1.27 bits per heavy atom. The lowest BCUT2D eigenvalue weighted by atomic mass is 10.3. The number of amides is 1. The number of H-pyrrole nitrogens is 1. The number of imidazole rings is 1. The molecule has 7 nitrogen and oxygen atoms in total. The lowest BCUT2D eigenvalue weighted by molar-refractivity contribution is 0.186. The van der Waals surface area contributed by atoms with Crippen LogP contribution in [0.4, 0.5) is 15.1 Å². The fourth-order valence-corrected chi connectivity index (χ4v) is 1.78. The number of nitrogens with one attached hydrogen (secondary N) is 2. The molecule has 1 aromatic carbocycles. The van der Waals surface area contributed by atoms with Gasteiger partial charge in [0.2, 0.25) is 5.95 Å². The number of methoxy groups -OCH3 is 1. The van der Waals surface area contributed by atoms with E-state index in [9.17, 15) is 9.18 Å². The van der Waals surface area contributed by atoms with E-state index in [1.807, 2.05) is 0 Å². The summed E-state index contributed by atoms with van der Waals surface area (Å²) in [7, 11) is 1.25. The molecule has 2 heterocycles. The summed E-state index contributed by atoms with van der Waals surface area (Å²) >= 11 is 0. The molecule has 0 atom stereocenters. The monoisotopic (exact) mass is 302 g/mol. The number of hydrogen-bond acceptors (Lipinski definition) is 5. The van der Waals surface area contributed by atoms with Crippen LogP contribution in [0.5, 0.6) is 11.5 Å². The number of hydrogen-bond donors (Lipinski definition) is 2. The Kier molecular flexibility index (Phi) is 3.57. The second-order valence-corrected chi connectivity index (χ2v) is 4.30. The standard InChI is InChI=1S/C14H11FN4O3/c1-21-14(20)19-13-17-11-6-10(7-16-12(11)18-13)22-9-4-2-8(15)3-5-9/h2-7H,1H3,(H2,16,17,18,19,20). The number of ether oxygens (including phenoxy) is 2. The second-order valence-electron chi connectivity index (χ2n) is 4.30. The van der Waals surface area contributed by atoms with Crippen LogP contribution in [0.2, 0.25) is 0 Å².